The maximum absolute atomic E-state index is 12.6. The highest BCUT2D eigenvalue weighted by atomic mass is 19.4. The largest absolute Gasteiger partial charge is 0.393 e. The van der Waals surface area contributed by atoms with E-state index in [1.54, 1.807) is 6.07 Å². The Kier molecular flexibility index (Phi) is 4.74. The molecule has 1 aliphatic rings. The fourth-order valence-electron chi connectivity index (χ4n) is 3.10. The first-order valence-corrected chi connectivity index (χ1v) is 7.30. The molecule has 112 valence electrons. The van der Waals surface area contributed by atoms with Crippen molar-refractivity contribution in [3.63, 3.8) is 0 Å². The SMILES string of the molecule is CCc1cc(C2CCNCC2C)ccc1CC(F)(F)F. The smallest absolute Gasteiger partial charge is 0.316 e. The van der Waals surface area contributed by atoms with Crippen LogP contribution in [0, 0.1) is 5.92 Å². The van der Waals surface area contributed by atoms with E-state index >= 15 is 0 Å². The summed E-state index contributed by atoms with van der Waals surface area (Å²) in [7, 11) is 0. The Morgan fingerprint density at radius 2 is 2.00 bits per heavy atom. The number of piperidine rings is 1. The zero-order chi connectivity index (χ0) is 14.8. The summed E-state index contributed by atoms with van der Waals surface area (Å²) in [4.78, 5) is 0. The first kappa shape index (κ1) is 15.4. The normalized spacial score (nSPS) is 23.9. The van der Waals surface area contributed by atoms with Crippen LogP contribution in [0.1, 0.15) is 42.9 Å². The second-order valence-corrected chi connectivity index (χ2v) is 5.75. The second kappa shape index (κ2) is 6.17. The highest BCUT2D eigenvalue weighted by molar-refractivity contribution is 5.35. The van der Waals surface area contributed by atoms with Gasteiger partial charge in [0.05, 0.1) is 6.42 Å². The lowest BCUT2D eigenvalue weighted by Crippen LogP contribution is -2.33. The van der Waals surface area contributed by atoms with Crippen molar-refractivity contribution < 1.29 is 13.2 Å². The van der Waals surface area contributed by atoms with Crippen LogP contribution in [-0.4, -0.2) is 19.3 Å². The van der Waals surface area contributed by atoms with Crippen molar-refractivity contribution in [1.82, 2.24) is 5.32 Å². The van der Waals surface area contributed by atoms with Crippen LogP contribution in [0.2, 0.25) is 0 Å². The number of nitrogens with one attached hydrogen (secondary N) is 1. The lowest BCUT2D eigenvalue weighted by atomic mass is 9.81. The van der Waals surface area contributed by atoms with Gasteiger partial charge in [-0.1, -0.05) is 32.0 Å². The highest BCUT2D eigenvalue weighted by Crippen LogP contribution is 2.32. The summed E-state index contributed by atoms with van der Waals surface area (Å²) in [6.45, 7) is 6.09. The Balaban J connectivity index is 2.24. The van der Waals surface area contributed by atoms with Crippen molar-refractivity contribution in [1.29, 1.82) is 0 Å². The molecule has 1 aromatic carbocycles. The van der Waals surface area contributed by atoms with Gasteiger partial charge in [0, 0.05) is 0 Å². The molecular formula is C16H22F3N. The van der Waals surface area contributed by atoms with E-state index in [0.29, 0.717) is 23.8 Å². The molecule has 0 radical (unpaired) electrons. The lowest BCUT2D eigenvalue weighted by Gasteiger charge is -2.30. The fourth-order valence-corrected chi connectivity index (χ4v) is 3.10. The molecule has 0 aliphatic carbocycles. The average Bonchev–Trinajstić information content (AvgIpc) is 2.38. The molecule has 1 nitrogen and oxygen atoms in total. The van der Waals surface area contributed by atoms with Gasteiger partial charge in [-0.2, -0.15) is 13.2 Å². The summed E-state index contributed by atoms with van der Waals surface area (Å²) in [6.07, 6.45) is -3.24. The number of benzene rings is 1. The van der Waals surface area contributed by atoms with Crippen LogP contribution < -0.4 is 5.32 Å². The van der Waals surface area contributed by atoms with Crippen LogP contribution in [0.4, 0.5) is 13.2 Å². The molecule has 1 N–H and O–H groups in total. The average molecular weight is 285 g/mol. The molecule has 0 aromatic heterocycles. The molecule has 1 aromatic rings. The third kappa shape index (κ3) is 3.75. The number of hydrogen-bond donors (Lipinski definition) is 1. The van der Waals surface area contributed by atoms with Gasteiger partial charge in [-0.15, -0.1) is 0 Å². The Hall–Kier alpha value is -1.03. The molecule has 1 aliphatic heterocycles. The summed E-state index contributed by atoms with van der Waals surface area (Å²) in [5, 5.41) is 3.36. The predicted octanol–water partition coefficient (Wildman–Crippen LogP) is 4.07. The third-order valence-electron chi connectivity index (χ3n) is 4.22. The van der Waals surface area contributed by atoms with Gasteiger partial charge >= 0.3 is 6.18 Å². The van der Waals surface area contributed by atoms with Gasteiger partial charge in [0.2, 0.25) is 0 Å². The molecule has 4 heteroatoms. The predicted molar refractivity (Wildman–Crippen MR) is 75.0 cm³/mol. The molecule has 0 amide bonds. The molecule has 0 saturated carbocycles. The number of rotatable bonds is 3. The van der Waals surface area contributed by atoms with Crippen LogP contribution in [0.3, 0.4) is 0 Å². The molecule has 1 saturated heterocycles. The summed E-state index contributed by atoms with van der Waals surface area (Å²) >= 11 is 0. The van der Waals surface area contributed by atoms with Crippen LogP contribution in [0.15, 0.2) is 18.2 Å². The molecule has 0 spiro atoms. The third-order valence-corrected chi connectivity index (χ3v) is 4.22. The minimum Gasteiger partial charge on any atom is -0.316 e. The molecule has 2 unspecified atom stereocenters. The second-order valence-electron chi connectivity index (χ2n) is 5.75. The summed E-state index contributed by atoms with van der Waals surface area (Å²) in [6, 6.07) is 5.57. The fraction of sp³-hybridized carbons (Fsp3) is 0.625. The standard InChI is InChI=1S/C16H22F3N/c1-3-12-8-13(15-6-7-20-10-11(15)2)4-5-14(12)9-16(17,18)19/h4-5,8,11,15,20H,3,6-7,9-10H2,1-2H3. The summed E-state index contributed by atoms with van der Waals surface area (Å²) in [5.41, 5.74) is 2.46. The zero-order valence-electron chi connectivity index (χ0n) is 12.1. The maximum atomic E-state index is 12.6. The first-order chi connectivity index (χ1) is 9.40. The van der Waals surface area contributed by atoms with E-state index in [9.17, 15) is 13.2 Å². The number of aryl methyl sites for hydroxylation is 1. The molecule has 1 fully saturated rings. The van der Waals surface area contributed by atoms with E-state index in [-0.39, 0.29) is 0 Å². The van der Waals surface area contributed by atoms with E-state index < -0.39 is 12.6 Å². The minimum absolute atomic E-state index is 0.422. The Bertz CT molecular complexity index is 454. The van der Waals surface area contributed by atoms with Gasteiger partial charge in [-0.25, -0.2) is 0 Å². The van der Waals surface area contributed by atoms with Gasteiger partial charge < -0.3 is 5.32 Å². The van der Waals surface area contributed by atoms with Crippen molar-refractivity contribution in [2.75, 3.05) is 13.1 Å². The van der Waals surface area contributed by atoms with Gasteiger partial charge in [0.1, 0.15) is 0 Å². The molecule has 1 heterocycles. The van der Waals surface area contributed by atoms with Gasteiger partial charge in [-0.3, -0.25) is 0 Å². The monoisotopic (exact) mass is 285 g/mol. The van der Waals surface area contributed by atoms with Gasteiger partial charge in [-0.05, 0) is 54.5 Å². The minimum atomic E-state index is -4.13. The van der Waals surface area contributed by atoms with Crippen molar-refractivity contribution >= 4 is 0 Å². The topological polar surface area (TPSA) is 12.0 Å². The van der Waals surface area contributed by atoms with Crippen LogP contribution in [-0.2, 0) is 12.8 Å². The molecule has 2 rings (SSSR count). The summed E-state index contributed by atoms with van der Waals surface area (Å²) in [5.74, 6) is 0.989. The molecule has 20 heavy (non-hydrogen) atoms. The summed E-state index contributed by atoms with van der Waals surface area (Å²) < 4.78 is 37.7. The quantitative estimate of drug-likeness (QED) is 0.883. The Morgan fingerprint density at radius 3 is 2.60 bits per heavy atom. The van der Waals surface area contributed by atoms with E-state index in [2.05, 4.69) is 12.2 Å². The van der Waals surface area contributed by atoms with Gasteiger partial charge in [0.15, 0.2) is 0 Å². The maximum Gasteiger partial charge on any atom is 0.393 e. The number of hydrogen-bond acceptors (Lipinski definition) is 1. The van der Waals surface area contributed by atoms with Crippen LogP contribution in [0.25, 0.3) is 0 Å². The van der Waals surface area contributed by atoms with Crippen molar-refractivity contribution in [2.45, 2.75) is 45.2 Å². The molecular weight excluding hydrogens is 263 g/mol. The van der Waals surface area contributed by atoms with E-state index in [4.69, 9.17) is 0 Å². The van der Waals surface area contributed by atoms with Crippen LogP contribution in [0.5, 0.6) is 0 Å². The highest BCUT2D eigenvalue weighted by Gasteiger charge is 2.29. The van der Waals surface area contributed by atoms with E-state index in [1.807, 2.05) is 19.1 Å². The molecule has 2 atom stereocenters. The van der Waals surface area contributed by atoms with Crippen molar-refractivity contribution in [3.05, 3.63) is 34.9 Å². The Morgan fingerprint density at radius 1 is 1.25 bits per heavy atom. The van der Waals surface area contributed by atoms with Crippen molar-refractivity contribution in [2.24, 2.45) is 5.92 Å². The zero-order valence-corrected chi connectivity index (χ0v) is 12.1. The van der Waals surface area contributed by atoms with E-state index in [0.717, 1.165) is 25.1 Å². The Labute approximate surface area is 118 Å². The number of halogens is 3. The van der Waals surface area contributed by atoms with Crippen molar-refractivity contribution in [3.8, 4) is 0 Å². The first-order valence-electron chi connectivity index (χ1n) is 7.30. The number of alkyl halides is 3. The van der Waals surface area contributed by atoms with Crippen LogP contribution >= 0.6 is 0 Å². The van der Waals surface area contributed by atoms with E-state index in [1.165, 1.54) is 5.56 Å². The molecule has 0 bridgehead atoms. The van der Waals surface area contributed by atoms with Gasteiger partial charge in [0.25, 0.3) is 0 Å². The lowest BCUT2D eigenvalue weighted by molar-refractivity contribution is -0.127.